The Kier molecular flexibility index (Phi) is 1.78. The maximum absolute atomic E-state index is 9.29. The van der Waals surface area contributed by atoms with Gasteiger partial charge < -0.3 is 5.11 Å². The zero-order valence-electron chi connectivity index (χ0n) is 6.13. The van der Waals surface area contributed by atoms with E-state index in [0.717, 1.165) is 0 Å². The molecule has 56 valence electrons. The van der Waals surface area contributed by atoms with Crippen molar-refractivity contribution in [3.05, 3.63) is 24.0 Å². The third kappa shape index (κ3) is 1.06. The number of hydrogen-bond donors (Lipinski definition) is 1. The number of allylic oxidation sites excluding steroid dienone is 4. The molecule has 0 heterocycles. The molecule has 0 aromatic carbocycles. The molecule has 0 aromatic rings. The summed E-state index contributed by atoms with van der Waals surface area (Å²) in [5, 5.41) is 9.29. The molecule has 0 aromatic heterocycles. The second kappa shape index (κ2) is 2.31. The molecule has 10 heavy (non-hydrogen) atoms. The van der Waals surface area contributed by atoms with Crippen LogP contribution >= 0.6 is 11.6 Å². The zero-order valence-corrected chi connectivity index (χ0v) is 6.89. The molecule has 0 spiro atoms. The summed E-state index contributed by atoms with van der Waals surface area (Å²) in [6.45, 7) is 3.79. The Balaban J connectivity index is 2.93. The molecule has 2 heteroatoms. The van der Waals surface area contributed by atoms with Gasteiger partial charge >= 0.3 is 0 Å². The molecule has 2 unspecified atom stereocenters. The number of alkyl halides is 1. The monoisotopic (exact) mass is 158 g/mol. The molecule has 0 amide bonds. The van der Waals surface area contributed by atoms with Gasteiger partial charge in [0.15, 0.2) is 0 Å². The van der Waals surface area contributed by atoms with Crippen LogP contribution in [0.3, 0.4) is 0 Å². The summed E-state index contributed by atoms with van der Waals surface area (Å²) < 4.78 is 0. The van der Waals surface area contributed by atoms with Crippen molar-refractivity contribution in [2.75, 3.05) is 0 Å². The summed E-state index contributed by atoms with van der Waals surface area (Å²) in [6, 6.07) is 0. The molecule has 0 aliphatic heterocycles. The van der Waals surface area contributed by atoms with Crippen LogP contribution in [0.15, 0.2) is 24.0 Å². The van der Waals surface area contributed by atoms with Crippen LogP contribution in [-0.2, 0) is 0 Å². The first kappa shape index (κ1) is 7.67. The van der Waals surface area contributed by atoms with Gasteiger partial charge in [0.05, 0.1) is 0 Å². The Labute approximate surface area is 66.0 Å². The second-order valence-electron chi connectivity index (χ2n) is 2.80. The highest BCUT2D eigenvalue weighted by molar-refractivity contribution is 6.25. The summed E-state index contributed by atoms with van der Waals surface area (Å²) in [4.78, 5) is -0.602. The largest absolute Gasteiger partial charge is 0.510 e. The number of aliphatic hydroxyl groups is 1. The molecule has 0 saturated carbocycles. The smallest absolute Gasteiger partial charge is 0.113 e. The predicted molar refractivity (Wildman–Crippen MR) is 43.3 cm³/mol. The van der Waals surface area contributed by atoms with Crippen LogP contribution < -0.4 is 0 Å². The first-order valence-electron chi connectivity index (χ1n) is 3.32. The number of halogens is 1. The Morgan fingerprint density at radius 1 is 1.70 bits per heavy atom. The lowest BCUT2D eigenvalue weighted by Crippen LogP contribution is -2.29. The zero-order chi connectivity index (χ0) is 7.78. The van der Waals surface area contributed by atoms with Crippen LogP contribution in [0.4, 0.5) is 0 Å². The van der Waals surface area contributed by atoms with Gasteiger partial charge in [-0.2, -0.15) is 0 Å². The van der Waals surface area contributed by atoms with Crippen LogP contribution in [0.2, 0.25) is 0 Å². The average Bonchev–Trinajstić information content (AvgIpc) is 1.84. The number of hydrogen-bond acceptors (Lipinski definition) is 1. The first-order chi connectivity index (χ1) is 4.55. The quantitative estimate of drug-likeness (QED) is 0.538. The van der Waals surface area contributed by atoms with E-state index in [2.05, 4.69) is 0 Å². The summed E-state index contributed by atoms with van der Waals surface area (Å²) >= 11 is 6.00. The Morgan fingerprint density at radius 3 is 2.70 bits per heavy atom. The average molecular weight is 159 g/mol. The summed E-state index contributed by atoms with van der Waals surface area (Å²) in [6.07, 6.45) is 5.43. The van der Waals surface area contributed by atoms with Crippen molar-refractivity contribution in [1.29, 1.82) is 0 Å². The van der Waals surface area contributed by atoms with Crippen LogP contribution in [0.25, 0.3) is 0 Å². The molecule has 1 aliphatic rings. The maximum Gasteiger partial charge on any atom is 0.113 e. The standard InChI is InChI=1S/C8H11ClO/c1-6-4-3-5-7(10)8(6,2)9/h3-6,10H,1-2H3. The van der Waals surface area contributed by atoms with E-state index >= 15 is 0 Å². The number of aliphatic hydroxyl groups excluding tert-OH is 1. The van der Waals surface area contributed by atoms with Crippen LogP contribution in [0.5, 0.6) is 0 Å². The summed E-state index contributed by atoms with van der Waals surface area (Å²) in [7, 11) is 0. The molecule has 0 radical (unpaired) electrons. The fourth-order valence-corrected chi connectivity index (χ4v) is 1.03. The highest BCUT2D eigenvalue weighted by Crippen LogP contribution is 2.34. The van der Waals surface area contributed by atoms with Crippen LogP contribution in [0.1, 0.15) is 13.8 Å². The minimum atomic E-state index is -0.602. The van der Waals surface area contributed by atoms with Gasteiger partial charge in [-0.3, -0.25) is 0 Å². The van der Waals surface area contributed by atoms with Crippen molar-refractivity contribution < 1.29 is 5.11 Å². The van der Waals surface area contributed by atoms with Crippen molar-refractivity contribution in [1.82, 2.24) is 0 Å². The highest BCUT2D eigenvalue weighted by atomic mass is 35.5. The fourth-order valence-electron chi connectivity index (χ4n) is 0.890. The van der Waals surface area contributed by atoms with Crippen molar-refractivity contribution in [3.8, 4) is 0 Å². The van der Waals surface area contributed by atoms with Crippen molar-refractivity contribution in [2.24, 2.45) is 5.92 Å². The van der Waals surface area contributed by atoms with Gasteiger partial charge in [-0.25, -0.2) is 0 Å². The maximum atomic E-state index is 9.29. The molecule has 2 atom stereocenters. The van der Waals surface area contributed by atoms with Gasteiger partial charge in [-0.15, -0.1) is 11.6 Å². The van der Waals surface area contributed by atoms with Gasteiger partial charge in [-0.1, -0.05) is 19.1 Å². The normalized spacial score (nSPS) is 39.5. The first-order valence-corrected chi connectivity index (χ1v) is 3.70. The minimum absolute atomic E-state index is 0.194. The van der Waals surface area contributed by atoms with E-state index < -0.39 is 4.87 Å². The van der Waals surface area contributed by atoms with E-state index in [0.29, 0.717) is 0 Å². The van der Waals surface area contributed by atoms with Crippen LogP contribution in [0, 0.1) is 5.92 Å². The molecule has 1 rings (SSSR count). The van der Waals surface area contributed by atoms with E-state index in [1.807, 2.05) is 26.0 Å². The van der Waals surface area contributed by atoms with Crippen molar-refractivity contribution in [3.63, 3.8) is 0 Å². The molecular formula is C8H11ClO. The third-order valence-electron chi connectivity index (χ3n) is 2.01. The Bertz CT molecular complexity index is 191. The van der Waals surface area contributed by atoms with Gasteiger partial charge in [-0.05, 0) is 13.0 Å². The van der Waals surface area contributed by atoms with E-state index in [1.54, 1.807) is 6.08 Å². The van der Waals surface area contributed by atoms with E-state index in [9.17, 15) is 5.11 Å². The summed E-state index contributed by atoms with van der Waals surface area (Å²) in [5.74, 6) is 0.448. The Morgan fingerprint density at radius 2 is 2.30 bits per heavy atom. The van der Waals surface area contributed by atoms with Crippen LogP contribution in [-0.4, -0.2) is 9.98 Å². The molecule has 0 saturated heterocycles. The second-order valence-corrected chi connectivity index (χ2v) is 3.59. The molecule has 0 bridgehead atoms. The van der Waals surface area contributed by atoms with E-state index in [-0.39, 0.29) is 11.7 Å². The van der Waals surface area contributed by atoms with Crippen molar-refractivity contribution in [2.45, 2.75) is 18.7 Å². The van der Waals surface area contributed by atoms with Gasteiger partial charge in [0.1, 0.15) is 10.6 Å². The lowest BCUT2D eigenvalue weighted by Gasteiger charge is -2.28. The fraction of sp³-hybridized carbons (Fsp3) is 0.500. The topological polar surface area (TPSA) is 20.2 Å². The van der Waals surface area contributed by atoms with E-state index in [1.165, 1.54) is 0 Å². The molecule has 1 aliphatic carbocycles. The Hall–Kier alpha value is -0.430. The lowest BCUT2D eigenvalue weighted by molar-refractivity contribution is 0.324. The van der Waals surface area contributed by atoms with Crippen molar-refractivity contribution >= 4 is 11.6 Å². The molecule has 1 nitrogen and oxygen atoms in total. The predicted octanol–water partition coefficient (Wildman–Crippen LogP) is 2.63. The third-order valence-corrected chi connectivity index (χ3v) is 2.55. The number of rotatable bonds is 0. The SMILES string of the molecule is CC1C=CC=C(O)C1(C)Cl. The molecular weight excluding hydrogens is 148 g/mol. The highest BCUT2D eigenvalue weighted by Gasteiger charge is 2.32. The minimum Gasteiger partial charge on any atom is -0.510 e. The van der Waals surface area contributed by atoms with E-state index in [4.69, 9.17) is 11.6 Å². The van der Waals surface area contributed by atoms with Gasteiger partial charge in [0.25, 0.3) is 0 Å². The molecule has 0 fully saturated rings. The summed E-state index contributed by atoms with van der Waals surface area (Å²) in [5.41, 5.74) is 0. The van der Waals surface area contributed by atoms with Gasteiger partial charge in [0, 0.05) is 5.92 Å². The van der Waals surface area contributed by atoms with Gasteiger partial charge in [0.2, 0.25) is 0 Å². The lowest BCUT2D eigenvalue weighted by atomic mass is 9.89. The molecule has 1 N–H and O–H groups in total.